The first kappa shape index (κ1) is 14.9. The van der Waals surface area contributed by atoms with Gasteiger partial charge in [0.2, 0.25) is 0 Å². The molecule has 1 heterocycles. The van der Waals surface area contributed by atoms with Crippen LogP contribution in [0.2, 0.25) is 0 Å². The highest BCUT2D eigenvalue weighted by atomic mass is 16.5. The van der Waals surface area contributed by atoms with Crippen LogP contribution in [0.3, 0.4) is 0 Å². The molecule has 0 amide bonds. The lowest BCUT2D eigenvalue weighted by Gasteiger charge is -2.36. The number of hydrogen-bond donors (Lipinski definition) is 0. The Bertz CT molecular complexity index is 278. The van der Waals surface area contributed by atoms with Crippen molar-refractivity contribution in [2.45, 2.75) is 31.9 Å². The summed E-state index contributed by atoms with van der Waals surface area (Å²) in [7, 11) is 2.75. The molecular weight excluding hydrogens is 238 g/mol. The Morgan fingerprint density at radius 2 is 2.00 bits per heavy atom. The summed E-state index contributed by atoms with van der Waals surface area (Å²) in [6.07, 6.45) is 0.436. The second-order valence-electron chi connectivity index (χ2n) is 4.40. The lowest BCUT2D eigenvalue weighted by Crippen LogP contribution is -2.48. The number of ether oxygens (including phenoxy) is 3. The number of carbonyl (C=O) groups is 2. The van der Waals surface area contributed by atoms with Gasteiger partial charge in [-0.15, -0.1) is 0 Å². The van der Waals surface area contributed by atoms with Gasteiger partial charge in [0, 0.05) is 19.1 Å². The van der Waals surface area contributed by atoms with E-state index in [1.54, 1.807) is 0 Å². The minimum Gasteiger partial charge on any atom is -0.469 e. The van der Waals surface area contributed by atoms with Crippen molar-refractivity contribution in [2.75, 3.05) is 33.9 Å². The number of hydrogen-bond acceptors (Lipinski definition) is 6. The van der Waals surface area contributed by atoms with Crippen LogP contribution in [0.25, 0.3) is 0 Å². The minimum absolute atomic E-state index is 0.0847. The molecule has 2 atom stereocenters. The SMILES string of the molecule is COC(=O)CC1CN(C(C)CC(=O)OC)CCO1. The fourth-order valence-corrected chi connectivity index (χ4v) is 1.99. The predicted octanol–water partition coefficient (Wildman–Crippen LogP) is 0.202. The average Bonchev–Trinajstić information content (AvgIpc) is 2.38. The summed E-state index contributed by atoms with van der Waals surface area (Å²) in [4.78, 5) is 24.5. The predicted molar refractivity (Wildman–Crippen MR) is 64.0 cm³/mol. The Morgan fingerprint density at radius 1 is 1.33 bits per heavy atom. The molecule has 18 heavy (non-hydrogen) atoms. The highest BCUT2D eigenvalue weighted by molar-refractivity contribution is 5.70. The quantitative estimate of drug-likeness (QED) is 0.657. The maximum Gasteiger partial charge on any atom is 0.308 e. The molecule has 6 nitrogen and oxygen atoms in total. The molecule has 0 aromatic carbocycles. The summed E-state index contributed by atoms with van der Waals surface area (Å²) in [5, 5.41) is 0. The molecule has 1 aliphatic rings. The van der Waals surface area contributed by atoms with Crippen molar-refractivity contribution in [2.24, 2.45) is 0 Å². The molecule has 104 valence electrons. The van der Waals surface area contributed by atoms with Crippen LogP contribution in [0.4, 0.5) is 0 Å². The van der Waals surface area contributed by atoms with E-state index in [0.717, 1.165) is 6.54 Å². The van der Waals surface area contributed by atoms with Crippen molar-refractivity contribution in [3.8, 4) is 0 Å². The molecule has 0 radical (unpaired) electrons. The molecule has 1 rings (SSSR count). The van der Waals surface area contributed by atoms with Gasteiger partial charge in [-0.1, -0.05) is 0 Å². The first-order chi connectivity index (χ1) is 8.56. The molecule has 6 heteroatoms. The highest BCUT2D eigenvalue weighted by Crippen LogP contribution is 2.14. The van der Waals surface area contributed by atoms with Crippen molar-refractivity contribution in [3.05, 3.63) is 0 Å². The second-order valence-corrected chi connectivity index (χ2v) is 4.40. The Morgan fingerprint density at radius 3 is 2.61 bits per heavy atom. The van der Waals surface area contributed by atoms with Crippen LogP contribution < -0.4 is 0 Å². The van der Waals surface area contributed by atoms with Crippen LogP contribution in [0.1, 0.15) is 19.8 Å². The first-order valence-corrected chi connectivity index (χ1v) is 6.06. The molecule has 0 aromatic heterocycles. The molecule has 0 N–H and O–H groups in total. The fourth-order valence-electron chi connectivity index (χ4n) is 1.99. The molecule has 2 unspecified atom stereocenters. The first-order valence-electron chi connectivity index (χ1n) is 6.06. The van der Waals surface area contributed by atoms with Crippen molar-refractivity contribution in [1.82, 2.24) is 4.90 Å². The number of rotatable bonds is 5. The summed E-state index contributed by atoms with van der Waals surface area (Å²) >= 11 is 0. The Hall–Kier alpha value is -1.14. The third kappa shape index (κ3) is 4.62. The number of nitrogens with zero attached hydrogens (tertiary/aromatic N) is 1. The molecule has 1 saturated heterocycles. The highest BCUT2D eigenvalue weighted by Gasteiger charge is 2.27. The standard InChI is InChI=1S/C12H21NO5/c1-9(6-11(14)16-2)13-4-5-18-10(8-13)7-12(15)17-3/h9-10H,4-8H2,1-3H3. The lowest BCUT2D eigenvalue weighted by atomic mass is 10.1. The van der Waals surface area contributed by atoms with Crippen LogP contribution in [0.5, 0.6) is 0 Å². The zero-order chi connectivity index (χ0) is 13.5. The number of esters is 2. The molecule has 1 fully saturated rings. The van der Waals surface area contributed by atoms with Crippen molar-refractivity contribution < 1.29 is 23.8 Å². The zero-order valence-corrected chi connectivity index (χ0v) is 11.2. The van der Waals surface area contributed by atoms with E-state index < -0.39 is 0 Å². The van der Waals surface area contributed by atoms with E-state index in [0.29, 0.717) is 19.6 Å². The van der Waals surface area contributed by atoms with Crippen LogP contribution in [0, 0.1) is 0 Å². The van der Waals surface area contributed by atoms with E-state index >= 15 is 0 Å². The van der Waals surface area contributed by atoms with Gasteiger partial charge >= 0.3 is 11.9 Å². The monoisotopic (exact) mass is 259 g/mol. The van der Waals surface area contributed by atoms with E-state index in [9.17, 15) is 9.59 Å². The smallest absolute Gasteiger partial charge is 0.308 e. The van der Waals surface area contributed by atoms with E-state index in [1.165, 1.54) is 14.2 Å². The average molecular weight is 259 g/mol. The van der Waals surface area contributed by atoms with Gasteiger partial charge in [0.05, 0.1) is 39.8 Å². The number of methoxy groups -OCH3 is 2. The van der Waals surface area contributed by atoms with Crippen LogP contribution in [-0.4, -0.2) is 62.9 Å². The maximum absolute atomic E-state index is 11.2. The van der Waals surface area contributed by atoms with Gasteiger partial charge in [-0.3, -0.25) is 14.5 Å². The summed E-state index contributed by atoms with van der Waals surface area (Å²) in [5.41, 5.74) is 0. The van der Waals surface area contributed by atoms with E-state index in [4.69, 9.17) is 4.74 Å². The summed E-state index contributed by atoms with van der Waals surface area (Å²) < 4.78 is 14.8. The summed E-state index contributed by atoms with van der Waals surface area (Å²) in [6, 6.07) is 0.0847. The Kier molecular flexibility index (Phi) is 6.07. The maximum atomic E-state index is 11.2. The molecule has 1 aliphatic heterocycles. The second kappa shape index (κ2) is 7.33. The van der Waals surface area contributed by atoms with Gasteiger partial charge in [-0.2, -0.15) is 0 Å². The van der Waals surface area contributed by atoms with Gasteiger partial charge < -0.3 is 14.2 Å². The Balaban J connectivity index is 2.42. The fraction of sp³-hybridized carbons (Fsp3) is 0.833. The number of carbonyl (C=O) groups excluding carboxylic acids is 2. The van der Waals surface area contributed by atoms with Crippen LogP contribution in [-0.2, 0) is 23.8 Å². The lowest BCUT2D eigenvalue weighted by molar-refractivity contribution is -0.148. The third-order valence-electron chi connectivity index (χ3n) is 3.11. The van der Waals surface area contributed by atoms with Crippen LogP contribution >= 0.6 is 0 Å². The van der Waals surface area contributed by atoms with Gasteiger partial charge in [-0.25, -0.2) is 0 Å². The van der Waals surface area contributed by atoms with Crippen molar-refractivity contribution in [3.63, 3.8) is 0 Å². The molecule has 0 aromatic rings. The van der Waals surface area contributed by atoms with Crippen molar-refractivity contribution in [1.29, 1.82) is 0 Å². The summed E-state index contributed by atoms with van der Waals surface area (Å²) in [6.45, 7) is 3.92. The van der Waals surface area contributed by atoms with Gasteiger partial charge in [-0.05, 0) is 6.92 Å². The zero-order valence-electron chi connectivity index (χ0n) is 11.2. The minimum atomic E-state index is -0.275. The molecule has 0 saturated carbocycles. The largest absolute Gasteiger partial charge is 0.469 e. The molecule has 0 spiro atoms. The number of morpholine rings is 1. The molecule has 0 bridgehead atoms. The Labute approximate surface area is 107 Å². The van der Waals surface area contributed by atoms with Gasteiger partial charge in [0.25, 0.3) is 0 Å². The van der Waals surface area contributed by atoms with Crippen molar-refractivity contribution >= 4 is 11.9 Å². The topological polar surface area (TPSA) is 65.1 Å². The van der Waals surface area contributed by atoms with Gasteiger partial charge in [0.15, 0.2) is 0 Å². The van der Waals surface area contributed by atoms with Crippen LogP contribution in [0.15, 0.2) is 0 Å². The van der Waals surface area contributed by atoms with E-state index in [-0.39, 0.29) is 30.5 Å². The van der Waals surface area contributed by atoms with Gasteiger partial charge in [0.1, 0.15) is 0 Å². The third-order valence-corrected chi connectivity index (χ3v) is 3.11. The van der Waals surface area contributed by atoms with E-state index in [2.05, 4.69) is 14.4 Å². The molecule has 0 aliphatic carbocycles. The normalized spacial score (nSPS) is 22.3. The van der Waals surface area contributed by atoms with E-state index in [1.807, 2.05) is 6.92 Å². The summed E-state index contributed by atoms with van der Waals surface area (Å²) in [5.74, 6) is -0.499. The molecular formula is C12H21NO5.